The number of anilines is 3. The molecule has 0 spiro atoms. The second kappa shape index (κ2) is 12.6. The van der Waals surface area contributed by atoms with Gasteiger partial charge in [0.1, 0.15) is 11.2 Å². The largest absolute Gasteiger partial charge is 0.455 e. The molecule has 0 aliphatic carbocycles. The molecule has 0 radical (unpaired) electrons. The molecule has 0 aliphatic rings. The molecule has 9 aromatic carbocycles. The molecule has 0 fully saturated rings. The number of fused-ring (bicyclic) bond motifs is 8. The summed E-state index contributed by atoms with van der Waals surface area (Å²) < 4.78 is 8.74. The quantitative estimate of drug-likeness (QED) is 0.172. The van der Waals surface area contributed by atoms with E-state index >= 15 is 0 Å². The van der Waals surface area contributed by atoms with Gasteiger partial charge in [0.05, 0.1) is 22.4 Å². The minimum Gasteiger partial charge on any atom is -0.455 e. The van der Waals surface area contributed by atoms with Crippen molar-refractivity contribution in [3.8, 4) is 27.9 Å². The second-order valence-corrected chi connectivity index (χ2v) is 14.1. The van der Waals surface area contributed by atoms with Crippen LogP contribution in [-0.4, -0.2) is 4.57 Å². The van der Waals surface area contributed by atoms with Gasteiger partial charge in [0.15, 0.2) is 0 Å². The summed E-state index contributed by atoms with van der Waals surface area (Å²) in [6.45, 7) is 0. The van der Waals surface area contributed by atoms with E-state index < -0.39 is 0 Å². The maximum absolute atomic E-state index is 6.36. The van der Waals surface area contributed by atoms with E-state index in [9.17, 15) is 0 Å². The van der Waals surface area contributed by atoms with E-state index in [1.165, 1.54) is 38.5 Å². The van der Waals surface area contributed by atoms with Gasteiger partial charge >= 0.3 is 0 Å². The third-order valence-electron chi connectivity index (χ3n) is 11.0. The fourth-order valence-electron chi connectivity index (χ4n) is 8.47. The molecule has 3 nitrogen and oxygen atoms in total. The molecule has 2 aromatic heterocycles. The fourth-order valence-corrected chi connectivity index (χ4v) is 8.47. The lowest BCUT2D eigenvalue weighted by molar-refractivity contribution is 0.672. The van der Waals surface area contributed by atoms with Gasteiger partial charge in [-0.05, 0) is 94.9 Å². The van der Waals surface area contributed by atoms with Crippen LogP contribution in [0.5, 0.6) is 0 Å². The third kappa shape index (κ3) is 5.05. The number of benzene rings is 9. The van der Waals surface area contributed by atoms with Crippen LogP contribution in [0.1, 0.15) is 0 Å². The lowest BCUT2D eigenvalue weighted by Gasteiger charge is -2.29. The lowest BCUT2D eigenvalue weighted by atomic mass is 9.98. The summed E-state index contributed by atoms with van der Waals surface area (Å²) >= 11 is 0. The van der Waals surface area contributed by atoms with Gasteiger partial charge < -0.3 is 13.9 Å². The first kappa shape index (κ1) is 31.2. The molecule has 0 N–H and O–H groups in total. The van der Waals surface area contributed by atoms with Crippen molar-refractivity contribution in [2.45, 2.75) is 0 Å². The number of furan rings is 1. The SMILES string of the molecule is c1ccc(-c2ccccc2N(c2ccc(-c3ccc4c(ccc5c6ccccc6oc45)c3)cc2)c2cccc3c2c2ccccc2n3-c2ccccc2)cc1. The highest BCUT2D eigenvalue weighted by Crippen LogP contribution is 2.47. The molecule has 258 valence electrons. The molecule has 0 bridgehead atoms. The molecule has 0 aliphatic heterocycles. The number of nitrogens with zero attached hydrogens (tertiary/aromatic N) is 2. The van der Waals surface area contributed by atoms with Crippen LogP contribution >= 0.6 is 0 Å². The van der Waals surface area contributed by atoms with Crippen molar-refractivity contribution in [1.82, 2.24) is 4.57 Å². The van der Waals surface area contributed by atoms with Gasteiger partial charge in [-0.2, -0.15) is 0 Å². The summed E-state index contributed by atoms with van der Waals surface area (Å²) in [6.07, 6.45) is 0. The summed E-state index contributed by atoms with van der Waals surface area (Å²) in [5, 5.41) is 7.01. The Balaban J connectivity index is 1.10. The molecule has 55 heavy (non-hydrogen) atoms. The van der Waals surface area contributed by atoms with Crippen LogP contribution in [0.15, 0.2) is 211 Å². The van der Waals surface area contributed by atoms with Crippen LogP contribution in [0.4, 0.5) is 17.1 Å². The smallest absolute Gasteiger partial charge is 0.143 e. The Morgan fingerprint density at radius 3 is 1.91 bits per heavy atom. The predicted octanol–water partition coefficient (Wildman–Crippen LogP) is 14.6. The van der Waals surface area contributed by atoms with Gasteiger partial charge in [-0.25, -0.2) is 0 Å². The molecular weight excluding hydrogens is 669 g/mol. The number of para-hydroxylation sites is 4. The van der Waals surface area contributed by atoms with Crippen molar-refractivity contribution in [3.05, 3.63) is 206 Å². The highest BCUT2D eigenvalue weighted by Gasteiger charge is 2.23. The van der Waals surface area contributed by atoms with Crippen LogP contribution in [0.2, 0.25) is 0 Å². The summed E-state index contributed by atoms with van der Waals surface area (Å²) in [4.78, 5) is 2.44. The van der Waals surface area contributed by atoms with Crippen LogP contribution in [0, 0.1) is 0 Å². The van der Waals surface area contributed by atoms with E-state index in [0.29, 0.717) is 0 Å². The maximum Gasteiger partial charge on any atom is 0.143 e. The van der Waals surface area contributed by atoms with Crippen molar-refractivity contribution in [1.29, 1.82) is 0 Å². The highest BCUT2D eigenvalue weighted by molar-refractivity contribution is 6.17. The van der Waals surface area contributed by atoms with Gasteiger partial charge in [0.2, 0.25) is 0 Å². The van der Waals surface area contributed by atoms with Gasteiger partial charge in [-0.1, -0.05) is 133 Å². The van der Waals surface area contributed by atoms with Crippen molar-refractivity contribution in [3.63, 3.8) is 0 Å². The number of hydrogen-bond acceptors (Lipinski definition) is 2. The zero-order valence-corrected chi connectivity index (χ0v) is 29.9. The minimum atomic E-state index is 0.920. The maximum atomic E-state index is 6.36. The molecule has 0 saturated carbocycles. The summed E-state index contributed by atoms with van der Waals surface area (Å²) in [5.41, 5.74) is 13.3. The van der Waals surface area contributed by atoms with E-state index in [1.54, 1.807) is 0 Å². The molecule has 0 unspecified atom stereocenters. The first-order valence-electron chi connectivity index (χ1n) is 18.8. The van der Waals surface area contributed by atoms with E-state index in [-0.39, 0.29) is 0 Å². The first-order valence-corrected chi connectivity index (χ1v) is 18.8. The lowest BCUT2D eigenvalue weighted by Crippen LogP contribution is -2.11. The normalized spacial score (nSPS) is 11.6. The molecule has 2 heterocycles. The van der Waals surface area contributed by atoms with Crippen LogP contribution < -0.4 is 4.90 Å². The molecule has 11 aromatic rings. The summed E-state index contributed by atoms with van der Waals surface area (Å²) in [5.74, 6) is 0. The molecule has 3 heteroatoms. The zero-order valence-electron chi connectivity index (χ0n) is 29.9. The van der Waals surface area contributed by atoms with Crippen LogP contribution in [-0.2, 0) is 0 Å². The Morgan fingerprint density at radius 2 is 1.05 bits per heavy atom. The molecule has 11 rings (SSSR count). The Hall–Kier alpha value is -7.36. The third-order valence-corrected chi connectivity index (χ3v) is 11.0. The Kier molecular flexibility index (Phi) is 7.17. The molecule has 0 saturated heterocycles. The van der Waals surface area contributed by atoms with Crippen LogP contribution in [0.3, 0.4) is 0 Å². The van der Waals surface area contributed by atoms with E-state index in [2.05, 4.69) is 204 Å². The molecular formula is C52H34N2O. The summed E-state index contributed by atoms with van der Waals surface area (Å²) in [7, 11) is 0. The number of rotatable bonds is 6. The highest BCUT2D eigenvalue weighted by atomic mass is 16.3. The van der Waals surface area contributed by atoms with Crippen LogP contribution in [0.25, 0.3) is 82.5 Å². The first-order chi connectivity index (χ1) is 27.3. The topological polar surface area (TPSA) is 21.3 Å². The Morgan fingerprint density at radius 1 is 0.400 bits per heavy atom. The van der Waals surface area contributed by atoms with Crippen molar-refractivity contribution < 1.29 is 4.42 Å². The second-order valence-electron chi connectivity index (χ2n) is 14.1. The van der Waals surface area contributed by atoms with Crippen molar-refractivity contribution >= 4 is 71.6 Å². The average Bonchev–Trinajstić information content (AvgIpc) is 3.81. The molecule has 0 atom stereocenters. The van der Waals surface area contributed by atoms with Gasteiger partial charge in [0.25, 0.3) is 0 Å². The Labute approximate surface area is 318 Å². The van der Waals surface area contributed by atoms with Gasteiger partial charge in [-0.15, -0.1) is 0 Å². The van der Waals surface area contributed by atoms with E-state index in [0.717, 1.165) is 61.0 Å². The number of hydrogen-bond donors (Lipinski definition) is 0. The fraction of sp³-hybridized carbons (Fsp3) is 0. The zero-order chi connectivity index (χ0) is 36.3. The molecule has 0 amide bonds. The van der Waals surface area contributed by atoms with Gasteiger partial charge in [0, 0.05) is 43.9 Å². The average molecular weight is 703 g/mol. The van der Waals surface area contributed by atoms with E-state index in [1.807, 2.05) is 12.1 Å². The monoisotopic (exact) mass is 702 g/mol. The summed E-state index contributed by atoms with van der Waals surface area (Å²) in [6, 6.07) is 74.0. The minimum absolute atomic E-state index is 0.920. The van der Waals surface area contributed by atoms with Crippen molar-refractivity contribution in [2.75, 3.05) is 4.90 Å². The standard InChI is InChI=1S/C52H34N2O/c1-3-14-36(15-4-1)41-18-7-10-21-46(41)54(49-24-13-23-48-51(49)45-20-8-11-22-47(45)53(48)39-16-5-2-6-17-39)40-30-26-35(27-31-40)37-28-32-42-38(34-37)29-33-44-43-19-9-12-25-50(43)55-52(42)44/h1-34H. The Bertz CT molecular complexity index is 3190. The van der Waals surface area contributed by atoms with Crippen molar-refractivity contribution in [2.24, 2.45) is 0 Å². The van der Waals surface area contributed by atoms with E-state index in [4.69, 9.17) is 4.42 Å². The van der Waals surface area contributed by atoms with Gasteiger partial charge in [-0.3, -0.25) is 0 Å². The predicted molar refractivity (Wildman–Crippen MR) is 231 cm³/mol. The number of aromatic nitrogens is 1.